The largest absolute Gasteiger partial charge is 0.381 e. The molecule has 1 rings (SSSR count). The standard InChI is InChI=1S/C18H37N3O3/c1-6-19-17(21-14-16(22-5)18(2,3)4)20-10-7-11-24-15-8-12-23-13-9-15/h15-16H,6-14H2,1-5H3,(H2,19,20,21). The Morgan fingerprint density at radius 3 is 2.54 bits per heavy atom. The molecule has 1 atom stereocenters. The molecule has 0 aromatic heterocycles. The lowest BCUT2D eigenvalue weighted by Crippen LogP contribution is -2.40. The van der Waals surface area contributed by atoms with Gasteiger partial charge in [-0.25, -0.2) is 0 Å². The van der Waals surface area contributed by atoms with Gasteiger partial charge in [-0.3, -0.25) is 4.99 Å². The Bertz CT molecular complexity index is 350. The summed E-state index contributed by atoms with van der Waals surface area (Å²) in [6.45, 7) is 13.4. The van der Waals surface area contributed by atoms with Crippen LogP contribution in [-0.4, -0.2) is 64.7 Å². The molecule has 6 heteroatoms. The summed E-state index contributed by atoms with van der Waals surface area (Å²) in [5.41, 5.74) is 0.0765. The Morgan fingerprint density at radius 1 is 1.25 bits per heavy atom. The molecule has 1 saturated heterocycles. The van der Waals surface area contributed by atoms with Crippen molar-refractivity contribution in [3.8, 4) is 0 Å². The molecule has 0 aromatic carbocycles. The van der Waals surface area contributed by atoms with Crippen LogP contribution in [0, 0.1) is 5.41 Å². The third kappa shape index (κ3) is 8.85. The maximum Gasteiger partial charge on any atom is 0.191 e. The van der Waals surface area contributed by atoms with Gasteiger partial charge < -0.3 is 24.8 Å². The number of rotatable bonds is 9. The molecule has 1 aliphatic heterocycles. The van der Waals surface area contributed by atoms with E-state index in [-0.39, 0.29) is 11.5 Å². The summed E-state index contributed by atoms with van der Waals surface area (Å²) in [7, 11) is 1.75. The van der Waals surface area contributed by atoms with Gasteiger partial charge in [0, 0.05) is 40.0 Å². The van der Waals surface area contributed by atoms with Crippen LogP contribution in [-0.2, 0) is 14.2 Å². The summed E-state index contributed by atoms with van der Waals surface area (Å²) >= 11 is 0. The molecule has 24 heavy (non-hydrogen) atoms. The highest BCUT2D eigenvalue weighted by molar-refractivity contribution is 5.79. The van der Waals surface area contributed by atoms with Crippen molar-refractivity contribution in [3.05, 3.63) is 0 Å². The second-order valence-corrected chi connectivity index (χ2v) is 7.27. The Balaban J connectivity index is 2.27. The summed E-state index contributed by atoms with van der Waals surface area (Å²) in [5, 5.41) is 6.65. The van der Waals surface area contributed by atoms with Crippen LogP contribution in [0.15, 0.2) is 4.99 Å². The van der Waals surface area contributed by atoms with Gasteiger partial charge in [0.15, 0.2) is 5.96 Å². The summed E-state index contributed by atoms with van der Waals surface area (Å²) in [5.74, 6) is 0.842. The molecule has 6 nitrogen and oxygen atoms in total. The zero-order chi connectivity index (χ0) is 17.8. The number of nitrogens with one attached hydrogen (secondary N) is 2. The van der Waals surface area contributed by atoms with Crippen molar-refractivity contribution in [1.29, 1.82) is 0 Å². The highest BCUT2D eigenvalue weighted by Crippen LogP contribution is 2.21. The van der Waals surface area contributed by atoms with E-state index in [1.54, 1.807) is 7.11 Å². The summed E-state index contributed by atoms with van der Waals surface area (Å²) in [6.07, 6.45) is 3.47. The first kappa shape index (κ1) is 21.2. The van der Waals surface area contributed by atoms with E-state index in [4.69, 9.17) is 14.2 Å². The topological polar surface area (TPSA) is 64.1 Å². The van der Waals surface area contributed by atoms with Crippen LogP contribution >= 0.6 is 0 Å². The molecule has 1 unspecified atom stereocenters. The zero-order valence-electron chi connectivity index (χ0n) is 16.2. The van der Waals surface area contributed by atoms with E-state index >= 15 is 0 Å². The summed E-state index contributed by atoms with van der Waals surface area (Å²) < 4.78 is 16.8. The fraction of sp³-hybridized carbons (Fsp3) is 0.944. The first-order valence-corrected chi connectivity index (χ1v) is 9.21. The molecule has 0 aromatic rings. The number of hydrogen-bond acceptors (Lipinski definition) is 4. The van der Waals surface area contributed by atoms with E-state index < -0.39 is 0 Å². The number of hydrogen-bond donors (Lipinski definition) is 2. The van der Waals surface area contributed by atoms with Crippen LogP contribution in [0.2, 0.25) is 0 Å². The Morgan fingerprint density at radius 2 is 1.96 bits per heavy atom. The van der Waals surface area contributed by atoms with Gasteiger partial charge in [0.1, 0.15) is 0 Å². The van der Waals surface area contributed by atoms with Crippen LogP contribution < -0.4 is 10.6 Å². The van der Waals surface area contributed by atoms with Crippen molar-refractivity contribution in [2.75, 3.05) is 46.6 Å². The Hall–Kier alpha value is -0.850. The van der Waals surface area contributed by atoms with E-state index in [0.29, 0.717) is 12.6 Å². The molecule has 0 saturated carbocycles. The molecule has 2 N–H and O–H groups in total. The lowest BCUT2D eigenvalue weighted by Gasteiger charge is -2.28. The fourth-order valence-corrected chi connectivity index (χ4v) is 2.59. The average molecular weight is 344 g/mol. The van der Waals surface area contributed by atoms with Crippen LogP contribution in [0.5, 0.6) is 0 Å². The SMILES string of the molecule is CCNC(=NCC(OC)C(C)(C)C)NCCCOC1CCOCC1. The number of ether oxygens (including phenoxy) is 3. The molecule has 1 heterocycles. The molecule has 0 aliphatic carbocycles. The van der Waals surface area contributed by atoms with E-state index in [2.05, 4.69) is 43.3 Å². The van der Waals surface area contributed by atoms with E-state index in [9.17, 15) is 0 Å². The lowest BCUT2D eigenvalue weighted by molar-refractivity contribution is -0.0320. The maximum atomic E-state index is 5.88. The minimum Gasteiger partial charge on any atom is -0.381 e. The van der Waals surface area contributed by atoms with Gasteiger partial charge in [0.2, 0.25) is 0 Å². The normalized spacial score (nSPS) is 18.5. The number of guanidine groups is 1. The third-order valence-corrected chi connectivity index (χ3v) is 4.15. The lowest BCUT2D eigenvalue weighted by atomic mass is 9.89. The average Bonchev–Trinajstić information content (AvgIpc) is 2.54. The van der Waals surface area contributed by atoms with Crippen LogP contribution in [0.1, 0.15) is 47.0 Å². The fourth-order valence-electron chi connectivity index (χ4n) is 2.59. The summed E-state index contributed by atoms with van der Waals surface area (Å²) in [4.78, 5) is 4.65. The van der Waals surface area contributed by atoms with E-state index in [1.165, 1.54) is 0 Å². The molecule has 1 fully saturated rings. The predicted molar refractivity (Wildman–Crippen MR) is 98.6 cm³/mol. The first-order valence-electron chi connectivity index (χ1n) is 9.21. The van der Waals surface area contributed by atoms with E-state index in [0.717, 1.165) is 58.1 Å². The second kappa shape index (κ2) is 11.7. The monoisotopic (exact) mass is 343 g/mol. The quantitative estimate of drug-likeness (QED) is 0.382. The zero-order valence-corrected chi connectivity index (χ0v) is 16.2. The molecule has 0 spiro atoms. The number of aliphatic imine (C=N–C) groups is 1. The minimum atomic E-state index is 0.0765. The molecule has 0 radical (unpaired) electrons. The molecular weight excluding hydrogens is 306 g/mol. The number of nitrogens with zero attached hydrogens (tertiary/aromatic N) is 1. The third-order valence-electron chi connectivity index (χ3n) is 4.15. The minimum absolute atomic E-state index is 0.0765. The van der Waals surface area contributed by atoms with Gasteiger partial charge in [0.05, 0.1) is 18.8 Å². The smallest absolute Gasteiger partial charge is 0.191 e. The molecule has 0 bridgehead atoms. The maximum absolute atomic E-state index is 5.88. The van der Waals surface area contributed by atoms with Gasteiger partial charge in [-0.15, -0.1) is 0 Å². The Kier molecular flexibility index (Phi) is 10.3. The van der Waals surface area contributed by atoms with Gasteiger partial charge in [0.25, 0.3) is 0 Å². The summed E-state index contributed by atoms with van der Waals surface area (Å²) in [6, 6.07) is 0. The number of methoxy groups -OCH3 is 1. The van der Waals surface area contributed by atoms with Crippen LogP contribution in [0.4, 0.5) is 0 Å². The van der Waals surface area contributed by atoms with Crippen molar-refractivity contribution in [3.63, 3.8) is 0 Å². The van der Waals surface area contributed by atoms with E-state index in [1.807, 2.05) is 0 Å². The molecule has 0 amide bonds. The highest BCUT2D eigenvalue weighted by Gasteiger charge is 2.24. The van der Waals surface area contributed by atoms with Crippen LogP contribution in [0.25, 0.3) is 0 Å². The van der Waals surface area contributed by atoms with Gasteiger partial charge in [-0.05, 0) is 31.6 Å². The van der Waals surface area contributed by atoms with Crippen LogP contribution in [0.3, 0.4) is 0 Å². The van der Waals surface area contributed by atoms with Crippen molar-refractivity contribution < 1.29 is 14.2 Å². The van der Waals surface area contributed by atoms with Crippen molar-refractivity contribution in [2.45, 2.75) is 59.2 Å². The van der Waals surface area contributed by atoms with Gasteiger partial charge in [-0.1, -0.05) is 20.8 Å². The second-order valence-electron chi connectivity index (χ2n) is 7.27. The molecule has 1 aliphatic rings. The molecule has 142 valence electrons. The molecular formula is C18H37N3O3. The first-order chi connectivity index (χ1) is 11.5. The van der Waals surface area contributed by atoms with Gasteiger partial charge >= 0.3 is 0 Å². The van der Waals surface area contributed by atoms with Crippen molar-refractivity contribution in [1.82, 2.24) is 10.6 Å². The highest BCUT2D eigenvalue weighted by atomic mass is 16.5. The Labute approximate surface area is 147 Å². The van der Waals surface area contributed by atoms with Crippen molar-refractivity contribution >= 4 is 5.96 Å². The predicted octanol–water partition coefficient (Wildman–Crippen LogP) is 2.19. The van der Waals surface area contributed by atoms with Crippen molar-refractivity contribution in [2.24, 2.45) is 10.4 Å². The van der Waals surface area contributed by atoms with Gasteiger partial charge in [-0.2, -0.15) is 0 Å².